The first-order valence-corrected chi connectivity index (χ1v) is 15.1. The zero-order chi connectivity index (χ0) is 23.0. The molecule has 1 aromatic rings. The molecule has 0 radical (unpaired) electrons. The van der Waals surface area contributed by atoms with E-state index >= 15 is 0 Å². The molecule has 2 fully saturated rings. The van der Waals surface area contributed by atoms with Crippen LogP contribution in [0.3, 0.4) is 0 Å². The molecule has 2 aliphatic carbocycles. The first-order chi connectivity index (χ1) is 14.5. The lowest BCUT2D eigenvalue weighted by atomic mass is 9.58. The number of aromatic hydroxyl groups is 1. The van der Waals surface area contributed by atoms with Gasteiger partial charge in [-0.3, -0.25) is 0 Å². The molecule has 0 saturated heterocycles. The van der Waals surface area contributed by atoms with Gasteiger partial charge in [-0.15, -0.1) is 0 Å². The summed E-state index contributed by atoms with van der Waals surface area (Å²) < 4.78 is 3.32. The number of rotatable bonds is 5. The van der Waals surface area contributed by atoms with Gasteiger partial charge in [0.1, 0.15) is 5.75 Å². The Morgan fingerprint density at radius 3 is 2.48 bits per heavy atom. The zero-order valence-electron chi connectivity index (χ0n) is 18.7. The molecule has 172 valence electrons. The van der Waals surface area contributed by atoms with Gasteiger partial charge in [-0.25, -0.2) is 0 Å². The fraction of sp³-hybridized carbons (Fsp3) is 0.615. The van der Waals surface area contributed by atoms with Crippen molar-refractivity contribution in [3.8, 4) is 5.75 Å². The molecule has 1 nitrogen and oxygen atoms in total. The minimum absolute atomic E-state index is 0.125. The van der Waals surface area contributed by atoms with Crippen LogP contribution in [0.15, 0.2) is 44.5 Å². The van der Waals surface area contributed by atoms with Crippen molar-refractivity contribution in [1.82, 2.24) is 0 Å². The highest BCUT2D eigenvalue weighted by molar-refractivity contribution is 14.1. The number of allylic oxidation sites excluding steroid dienone is 2. The molecule has 1 aromatic carbocycles. The van der Waals surface area contributed by atoms with Gasteiger partial charge in [0.05, 0.1) is 0 Å². The molecule has 0 heterocycles. The average Bonchev–Trinajstić information content (AvgIpc) is 2.71. The molecular weight excluding hydrogens is 695 g/mol. The molecule has 0 aliphatic heterocycles. The van der Waals surface area contributed by atoms with Gasteiger partial charge in [-0.05, 0) is 95.5 Å². The summed E-state index contributed by atoms with van der Waals surface area (Å²) in [4.78, 5) is 1.02. The predicted molar refractivity (Wildman–Crippen MR) is 153 cm³/mol. The lowest BCUT2D eigenvalue weighted by Gasteiger charge is -2.50. The quantitative estimate of drug-likeness (QED) is 0.182. The largest absolute Gasteiger partial charge is 0.508 e. The van der Waals surface area contributed by atoms with Crippen LogP contribution in [-0.2, 0) is 6.42 Å². The topological polar surface area (TPSA) is 20.2 Å². The third-order valence-electron chi connectivity index (χ3n) is 8.14. The van der Waals surface area contributed by atoms with E-state index in [4.69, 9.17) is 0 Å². The van der Waals surface area contributed by atoms with Crippen LogP contribution in [0.4, 0.5) is 0 Å². The standard InChI is InChI=1S/C26H34Br3IO/c1-16-5-9-23(28)25(2,3)20(16)11-12-26(4)21(17(15-30)6-10-24(26)29)14-18-13-19(27)7-8-22(18)31/h7-8,13,15,20-21,23-24,31H,1,5-6,9-12,14H2,2-4H3/b17-15+/t20-,21+,23+,24-,26-/m0/s1. The van der Waals surface area contributed by atoms with Crippen molar-refractivity contribution < 1.29 is 5.11 Å². The molecule has 3 rings (SSSR count). The lowest BCUT2D eigenvalue weighted by molar-refractivity contribution is 0.119. The van der Waals surface area contributed by atoms with E-state index in [-0.39, 0.29) is 10.8 Å². The summed E-state index contributed by atoms with van der Waals surface area (Å²) in [6.45, 7) is 11.8. The summed E-state index contributed by atoms with van der Waals surface area (Å²) in [6, 6.07) is 5.80. The second-order valence-electron chi connectivity index (χ2n) is 10.3. The Morgan fingerprint density at radius 2 is 1.81 bits per heavy atom. The predicted octanol–water partition coefficient (Wildman–Crippen LogP) is 9.73. The summed E-state index contributed by atoms with van der Waals surface area (Å²) in [7, 11) is 0. The van der Waals surface area contributed by atoms with Gasteiger partial charge in [0.2, 0.25) is 0 Å². The number of phenolic OH excluding ortho intramolecular Hbond substituents is 1. The van der Waals surface area contributed by atoms with E-state index < -0.39 is 0 Å². The van der Waals surface area contributed by atoms with E-state index in [1.807, 2.05) is 12.1 Å². The van der Waals surface area contributed by atoms with Crippen LogP contribution in [0, 0.1) is 22.7 Å². The Kier molecular flexibility index (Phi) is 8.91. The molecule has 1 N–H and O–H groups in total. The van der Waals surface area contributed by atoms with Crippen molar-refractivity contribution in [3.05, 3.63) is 50.0 Å². The summed E-state index contributed by atoms with van der Waals surface area (Å²) in [5.41, 5.74) is 4.34. The number of halogens is 4. The third kappa shape index (κ3) is 5.51. The van der Waals surface area contributed by atoms with Crippen molar-refractivity contribution in [3.63, 3.8) is 0 Å². The van der Waals surface area contributed by atoms with Gasteiger partial charge in [0, 0.05) is 14.1 Å². The Balaban J connectivity index is 1.90. The number of benzene rings is 1. The number of hydrogen-bond donors (Lipinski definition) is 1. The first kappa shape index (κ1) is 26.3. The van der Waals surface area contributed by atoms with Crippen LogP contribution in [0.25, 0.3) is 0 Å². The summed E-state index contributed by atoms with van der Waals surface area (Å²) in [6.07, 6.45) is 7.81. The molecule has 0 bridgehead atoms. The van der Waals surface area contributed by atoms with Gasteiger partial charge in [-0.2, -0.15) is 0 Å². The van der Waals surface area contributed by atoms with Crippen molar-refractivity contribution >= 4 is 70.4 Å². The normalized spacial score (nSPS) is 34.8. The molecule has 2 saturated carbocycles. The van der Waals surface area contributed by atoms with Crippen LogP contribution < -0.4 is 0 Å². The number of hydrogen-bond acceptors (Lipinski definition) is 1. The van der Waals surface area contributed by atoms with E-state index in [2.05, 4.69) is 108 Å². The van der Waals surface area contributed by atoms with Crippen molar-refractivity contribution in [2.45, 2.75) is 75.4 Å². The molecule has 0 amide bonds. The van der Waals surface area contributed by atoms with Crippen LogP contribution in [-0.4, -0.2) is 14.8 Å². The maximum atomic E-state index is 10.6. The molecular formula is C26H34Br3IO. The molecule has 2 aliphatic rings. The Labute approximate surface area is 227 Å². The SMILES string of the molecule is C=C1CC[C@@H](Br)C(C)(C)[C@H]1CC[C@@]1(C)[C@H](Cc2cc(Br)ccc2O)/C(=C/I)CC[C@@H]1Br. The van der Waals surface area contributed by atoms with E-state index in [9.17, 15) is 5.11 Å². The van der Waals surface area contributed by atoms with Gasteiger partial charge >= 0.3 is 0 Å². The summed E-state index contributed by atoms with van der Waals surface area (Å²) in [5.74, 6) is 1.34. The van der Waals surface area contributed by atoms with Crippen LogP contribution in [0.2, 0.25) is 0 Å². The summed E-state index contributed by atoms with van der Waals surface area (Å²) >= 11 is 14.1. The van der Waals surface area contributed by atoms with Gasteiger partial charge in [0.15, 0.2) is 0 Å². The fourth-order valence-electron chi connectivity index (χ4n) is 5.84. The second kappa shape index (κ2) is 10.5. The van der Waals surface area contributed by atoms with E-state index in [0.717, 1.165) is 35.7 Å². The number of phenols is 1. The third-order valence-corrected chi connectivity index (χ3v) is 12.6. The number of alkyl halides is 2. The van der Waals surface area contributed by atoms with Gasteiger partial charge < -0.3 is 5.11 Å². The van der Waals surface area contributed by atoms with E-state index in [1.54, 1.807) is 0 Å². The van der Waals surface area contributed by atoms with Gasteiger partial charge in [0.25, 0.3) is 0 Å². The Hall–Kier alpha value is 0.670. The van der Waals surface area contributed by atoms with Gasteiger partial charge in [-0.1, -0.05) is 109 Å². The molecule has 5 heteroatoms. The van der Waals surface area contributed by atoms with Crippen LogP contribution in [0.5, 0.6) is 5.75 Å². The van der Waals surface area contributed by atoms with Crippen LogP contribution in [0.1, 0.15) is 64.9 Å². The highest BCUT2D eigenvalue weighted by Gasteiger charge is 2.47. The maximum absolute atomic E-state index is 10.6. The Morgan fingerprint density at radius 1 is 1.13 bits per heavy atom. The van der Waals surface area contributed by atoms with E-state index in [1.165, 1.54) is 30.4 Å². The monoisotopic (exact) mass is 726 g/mol. The summed E-state index contributed by atoms with van der Waals surface area (Å²) in [5, 5.41) is 10.6. The average molecular weight is 729 g/mol. The fourth-order valence-corrected chi connectivity index (χ4v) is 8.32. The minimum Gasteiger partial charge on any atom is -0.508 e. The molecule has 0 unspecified atom stereocenters. The van der Waals surface area contributed by atoms with Crippen molar-refractivity contribution in [2.75, 3.05) is 0 Å². The highest BCUT2D eigenvalue weighted by atomic mass is 127. The first-order valence-electron chi connectivity index (χ1n) is 11.2. The molecule has 5 atom stereocenters. The molecule has 31 heavy (non-hydrogen) atoms. The zero-order valence-corrected chi connectivity index (χ0v) is 25.7. The minimum atomic E-state index is 0.125. The molecule has 0 aromatic heterocycles. The Bertz CT molecular complexity index is 849. The van der Waals surface area contributed by atoms with Crippen LogP contribution >= 0.6 is 70.4 Å². The smallest absolute Gasteiger partial charge is 0.118 e. The highest BCUT2D eigenvalue weighted by Crippen LogP contribution is 2.55. The lowest BCUT2D eigenvalue weighted by Crippen LogP contribution is -2.44. The van der Waals surface area contributed by atoms with Crippen molar-refractivity contribution in [2.24, 2.45) is 22.7 Å². The molecule has 0 spiro atoms. The van der Waals surface area contributed by atoms with Crippen molar-refractivity contribution in [1.29, 1.82) is 0 Å². The second-order valence-corrected chi connectivity index (χ2v) is 14.1. The van der Waals surface area contributed by atoms with E-state index in [0.29, 0.717) is 27.2 Å². The maximum Gasteiger partial charge on any atom is 0.118 e.